The lowest BCUT2D eigenvalue weighted by Crippen LogP contribution is -2.11. The second kappa shape index (κ2) is 6.03. The Balaban J connectivity index is 2.06. The van der Waals surface area contributed by atoms with Crippen molar-refractivity contribution in [2.75, 3.05) is 0 Å². The number of aromatic nitrogens is 1. The number of primary amides is 1. The first-order valence-corrected chi connectivity index (χ1v) is 8.83. The summed E-state index contributed by atoms with van der Waals surface area (Å²) < 4.78 is 2.30. The number of hydrogen-bond acceptors (Lipinski definition) is 1. The molecule has 4 aromatic rings. The van der Waals surface area contributed by atoms with Crippen LogP contribution >= 0.6 is 0 Å². The number of carbonyl (C=O) groups excluding carboxylic acids is 1. The Morgan fingerprint density at radius 3 is 2.42 bits per heavy atom. The van der Waals surface area contributed by atoms with Crippen LogP contribution in [-0.4, -0.2) is 10.5 Å². The van der Waals surface area contributed by atoms with Crippen LogP contribution in [-0.2, 0) is 6.54 Å². The van der Waals surface area contributed by atoms with Crippen LogP contribution in [0.5, 0.6) is 0 Å². The highest BCUT2D eigenvalue weighted by molar-refractivity contribution is 6.17. The molecule has 1 heterocycles. The van der Waals surface area contributed by atoms with Crippen molar-refractivity contribution in [1.29, 1.82) is 0 Å². The molecule has 0 fully saturated rings. The zero-order valence-electron chi connectivity index (χ0n) is 15.3. The molecule has 4 rings (SSSR count). The van der Waals surface area contributed by atoms with E-state index in [9.17, 15) is 4.79 Å². The van der Waals surface area contributed by atoms with E-state index in [-0.39, 0.29) is 5.91 Å². The lowest BCUT2D eigenvalue weighted by atomic mass is 10.1. The number of nitrogens with two attached hydrogens (primary N) is 1. The van der Waals surface area contributed by atoms with E-state index in [4.69, 9.17) is 5.73 Å². The topological polar surface area (TPSA) is 48.0 Å². The summed E-state index contributed by atoms with van der Waals surface area (Å²) in [6.07, 6.45) is 0. The van der Waals surface area contributed by atoms with Gasteiger partial charge in [-0.15, -0.1) is 0 Å². The highest BCUT2D eigenvalue weighted by atomic mass is 16.1. The number of nitrogens with zero attached hydrogens (tertiary/aromatic N) is 1. The number of amides is 1. The Hall–Kier alpha value is -3.07. The SMILES string of the molecule is Cc1ccc(C)c(Cn2c3cc(C)ccc3c3c(C(N)=O)cccc32)c1. The Bertz CT molecular complexity index is 1170. The van der Waals surface area contributed by atoms with Crippen LogP contribution in [0.1, 0.15) is 32.6 Å². The van der Waals surface area contributed by atoms with Crippen LogP contribution in [0.2, 0.25) is 0 Å². The molecule has 0 saturated carbocycles. The molecule has 0 aliphatic carbocycles. The third kappa shape index (κ3) is 2.57. The second-order valence-electron chi connectivity index (χ2n) is 7.10. The third-order valence-corrected chi connectivity index (χ3v) is 5.15. The van der Waals surface area contributed by atoms with Crippen molar-refractivity contribution in [3.63, 3.8) is 0 Å². The third-order valence-electron chi connectivity index (χ3n) is 5.15. The fourth-order valence-corrected chi connectivity index (χ4v) is 3.77. The number of rotatable bonds is 3. The summed E-state index contributed by atoms with van der Waals surface area (Å²) in [6.45, 7) is 7.11. The van der Waals surface area contributed by atoms with Gasteiger partial charge in [0.1, 0.15) is 0 Å². The monoisotopic (exact) mass is 342 g/mol. The van der Waals surface area contributed by atoms with Gasteiger partial charge in [-0.2, -0.15) is 0 Å². The predicted molar refractivity (Wildman–Crippen MR) is 108 cm³/mol. The van der Waals surface area contributed by atoms with Crippen LogP contribution in [0.4, 0.5) is 0 Å². The van der Waals surface area contributed by atoms with Crippen molar-refractivity contribution in [2.24, 2.45) is 5.73 Å². The Labute approximate surface area is 153 Å². The molecule has 2 N–H and O–H groups in total. The van der Waals surface area contributed by atoms with Gasteiger partial charge in [0, 0.05) is 28.4 Å². The van der Waals surface area contributed by atoms with Gasteiger partial charge in [-0.3, -0.25) is 4.79 Å². The molecule has 1 aromatic heterocycles. The van der Waals surface area contributed by atoms with Gasteiger partial charge in [-0.25, -0.2) is 0 Å². The van der Waals surface area contributed by atoms with E-state index in [1.165, 1.54) is 22.3 Å². The molecule has 0 aliphatic heterocycles. The van der Waals surface area contributed by atoms with Gasteiger partial charge in [0.25, 0.3) is 0 Å². The first-order chi connectivity index (χ1) is 12.5. The van der Waals surface area contributed by atoms with Crippen LogP contribution in [0.15, 0.2) is 54.6 Å². The summed E-state index contributed by atoms with van der Waals surface area (Å²) >= 11 is 0. The fourth-order valence-electron chi connectivity index (χ4n) is 3.77. The number of benzene rings is 3. The van der Waals surface area contributed by atoms with E-state index in [1.807, 2.05) is 12.1 Å². The largest absolute Gasteiger partial charge is 0.366 e. The minimum Gasteiger partial charge on any atom is -0.366 e. The predicted octanol–water partition coefficient (Wildman–Crippen LogP) is 4.87. The number of carbonyl (C=O) groups is 1. The molecule has 0 aliphatic rings. The lowest BCUT2D eigenvalue weighted by Gasteiger charge is -2.12. The summed E-state index contributed by atoms with van der Waals surface area (Å²) in [5.41, 5.74) is 13.4. The van der Waals surface area contributed by atoms with Crippen molar-refractivity contribution >= 4 is 27.7 Å². The summed E-state index contributed by atoms with van der Waals surface area (Å²) in [7, 11) is 0. The highest BCUT2D eigenvalue weighted by Crippen LogP contribution is 2.33. The van der Waals surface area contributed by atoms with Gasteiger partial charge in [-0.05, 0) is 55.7 Å². The van der Waals surface area contributed by atoms with Crippen molar-refractivity contribution in [1.82, 2.24) is 4.57 Å². The van der Waals surface area contributed by atoms with Gasteiger partial charge < -0.3 is 10.3 Å². The number of fused-ring (bicyclic) bond motifs is 3. The fraction of sp³-hybridized carbons (Fsp3) is 0.174. The molecule has 3 nitrogen and oxygen atoms in total. The molecule has 3 aromatic carbocycles. The van der Waals surface area contributed by atoms with Crippen molar-refractivity contribution < 1.29 is 4.79 Å². The van der Waals surface area contributed by atoms with E-state index < -0.39 is 0 Å². The van der Waals surface area contributed by atoms with E-state index in [1.54, 1.807) is 0 Å². The van der Waals surface area contributed by atoms with Gasteiger partial charge in [0.15, 0.2) is 0 Å². The Morgan fingerprint density at radius 1 is 0.923 bits per heavy atom. The maximum absolute atomic E-state index is 12.0. The van der Waals surface area contributed by atoms with Crippen molar-refractivity contribution in [3.05, 3.63) is 82.4 Å². The molecular formula is C23H22N2O. The van der Waals surface area contributed by atoms with E-state index in [0.29, 0.717) is 5.56 Å². The second-order valence-corrected chi connectivity index (χ2v) is 7.10. The first-order valence-electron chi connectivity index (χ1n) is 8.83. The van der Waals surface area contributed by atoms with Gasteiger partial charge in [0.2, 0.25) is 5.91 Å². The quantitative estimate of drug-likeness (QED) is 0.567. The average Bonchev–Trinajstić information content (AvgIpc) is 2.91. The zero-order valence-corrected chi connectivity index (χ0v) is 15.3. The van der Waals surface area contributed by atoms with Crippen LogP contribution in [0, 0.1) is 20.8 Å². The minimum atomic E-state index is -0.387. The van der Waals surface area contributed by atoms with Gasteiger partial charge >= 0.3 is 0 Å². The highest BCUT2D eigenvalue weighted by Gasteiger charge is 2.17. The molecule has 3 heteroatoms. The molecule has 130 valence electrons. The van der Waals surface area contributed by atoms with E-state index in [0.717, 1.165) is 28.4 Å². The first kappa shape index (κ1) is 16.4. The average molecular weight is 342 g/mol. The molecule has 0 atom stereocenters. The molecule has 0 bridgehead atoms. The summed E-state index contributed by atoms with van der Waals surface area (Å²) in [4.78, 5) is 12.0. The van der Waals surface area contributed by atoms with Gasteiger partial charge in [-0.1, -0.05) is 42.0 Å². The summed E-state index contributed by atoms with van der Waals surface area (Å²) in [5, 5.41) is 2.02. The van der Waals surface area contributed by atoms with Crippen LogP contribution in [0.3, 0.4) is 0 Å². The molecular weight excluding hydrogens is 320 g/mol. The van der Waals surface area contributed by atoms with Crippen LogP contribution in [0.25, 0.3) is 21.8 Å². The minimum absolute atomic E-state index is 0.387. The molecule has 0 unspecified atom stereocenters. The number of hydrogen-bond donors (Lipinski definition) is 1. The maximum Gasteiger partial charge on any atom is 0.249 e. The molecule has 26 heavy (non-hydrogen) atoms. The van der Waals surface area contributed by atoms with Gasteiger partial charge in [0.05, 0.1) is 5.52 Å². The van der Waals surface area contributed by atoms with Crippen molar-refractivity contribution in [3.8, 4) is 0 Å². The standard InChI is InChI=1S/C23H22N2O/c1-14-7-9-16(3)17(11-14)13-25-20-6-4-5-19(23(24)26)22(20)18-10-8-15(2)12-21(18)25/h4-12H,13H2,1-3H3,(H2,24,26). The zero-order chi connectivity index (χ0) is 18.4. The normalized spacial score (nSPS) is 11.3. The van der Waals surface area contributed by atoms with Crippen LogP contribution < -0.4 is 5.73 Å². The molecule has 0 spiro atoms. The Kier molecular flexibility index (Phi) is 3.80. The summed E-state index contributed by atoms with van der Waals surface area (Å²) in [6, 6.07) is 18.7. The lowest BCUT2D eigenvalue weighted by molar-refractivity contribution is 0.100. The summed E-state index contributed by atoms with van der Waals surface area (Å²) in [5.74, 6) is -0.387. The van der Waals surface area contributed by atoms with Crippen molar-refractivity contribution in [2.45, 2.75) is 27.3 Å². The molecule has 0 radical (unpaired) electrons. The van der Waals surface area contributed by atoms with E-state index >= 15 is 0 Å². The number of aryl methyl sites for hydroxylation is 3. The smallest absolute Gasteiger partial charge is 0.249 e. The molecule has 0 saturated heterocycles. The Morgan fingerprint density at radius 2 is 1.65 bits per heavy atom. The van der Waals surface area contributed by atoms with E-state index in [2.05, 4.69) is 67.8 Å². The molecule has 1 amide bonds. The maximum atomic E-state index is 12.0.